The first-order chi connectivity index (χ1) is 15.1. The van der Waals surface area contributed by atoms with Gasteiger partial charge in [0.15, 0.2) is 0 Å². The molecule has 166 valence electrons. The molecular weight excluding hydrogens is 392 g/mol. The van der Waals surface area contributed by atoms with Crippen LogP contribution in [0.5, 0.6) is 0 Å². The number of pyridine rings is 1. The minimum Gasteiger partial charge on any atom is -0.379 e. The van der Waals surface area contributed by atoms with Crippen molar-refractivity contribution in [2.45, 2.75) is 50.5 Å². The Labute approximate surface area is 184 Å². The summed E-state index contributed by atoms with van der Waals surface area (Å²) in [4.78, 5) is 33.7. The van der Waals surface area contributed by atoms with Gasteiger partial charge in [-0.15, -0.1) is 0 Å². The zero-order valence-electron chi connectivity index (χ0n) is 18.2. The molecular formula is C24H32N4O3. The molecule has 0 radical (unpaired) electrons. The highest BCUT2D eigenvalue weighted by atomic mass is 16.5. The molecule has 1 N–H and O–H groups in total. The standard InChI is InChI=1S/C24H32N4O3/c29-22(19-27-12-14-31-15-13-27)26-24(7-2-1-3-8-24)9-6-20-16-21(18-25-17-20)23(30)28-10-4-5-11-28/h16-18H,1-5,7-8,10-15,19H2,(H,26,29). The largest absolute Gasteiger partial charge is 0.379 e. The molecule has 0 unspecified atom stereocenters. The van der Waals surface area contributed by atoms with Gasteiger partial charge in [-0.3, -0.25) is 19.5 Å². The minimum atomic E-state index is -0.503. The molecule has 0 spiro atoms. The number of nitrogens with one attached hydrogen (secondary N) is 1. The quantitative estimate of drug-likeness (QED) is 0.747. The van der Waals surface area contributed by atoms with E-state index in [0.29, 0.717) is 25.3 Å². The van der Waals surface area contributed by atoms with E-state index in [1.165, 1.54) is 6.42 Å². The maximum Gasteiger partial charge on any atom is 0.255 e. The smallest absolute Gasteiger partial charge is 0.255 e. The molecule has 0 atom stereocenters. The molecule has 4 rings (SSSR count). The Kier molecular flexibility index (Phi) is 7.21. The molecule has 7 nitrogen and oxygen atoms in total. The summed E-state index contributed by atoms with van der Waals surface area (Å²) < 4.78 is 5.37. The summed E-state index contributed by atoms with van der Waals surface area (Å²) >= 11 is 0. The Morgan fingerprint density at radius 2 is 1.77 bits per heavy atom. The molecule has 7 heteroatoms. The van der Waals surface area contributed by atoms with Gasteiger partial charge in [0.1, 0.15) is 5.54 Å². The van der Waals surface area contributed by atoms with Crippen LogP contribution in [-0.2, 0) is 9.53 Å². The van der Waals surface area contributed by atoms with Crippen LogP contribution in [0, 0.1) is 11.8 Å². The third-order valence-electron chi connectivity index (χ3n) is 6.38. The summed E-state index contributed by atoms with van der Waals surface area (Å²) in [6, 6.07) is 1.83. The van der Waals surface area contributed by atoms with Crippen molar-refractivity contribution in [2.24, 2.45) is 0 Å². The van der Waals surface area contributed by atoms with Gasteiger partial charge in [0, 0.05) is 44.1 Å². The van der Waals surface area contributed by atoms with E-state index in [1.54, 1.807) is 12.4 Å². The molecule has 31 heavy (non-hydrogen) atoms. The average molecular weight is 425 g/mol. The third-order valence-corrected chi connectivity index (χ3v) is 6.38. The predicted molar refractivity (Wildman–Crippen MR) is 117 cm³/mol. The van der Waals surface area contributed by atoms with Crippen LogP contribution in [0.2, 0.25) is 0 Å². The lowest BCUT2D eigenvalue weighted by Crippen LogP contribution is -2.52. The lowest BCUT2D eigenvalue weighted by molar-refractivity contribution is -0.124. The molecule has 2 aliphatic heterocycles. The van der Waals surface area contributed by atoms with Gasteiger partial charge in [-0.05, 0) is 31.7 Å². The zero-order valence-corrected chi connectivity index (χ0v) is 18.2. The molecule has 1 aliphatic carbocycles. The minimum absolute atomic E-state index is 0.0224. The second kappa shape index (κ2) is 10.3. The normalized spacial score (nSPS) is 21.2. The van der Waals surface area contributed by atoms with E-state index < -0.39 is 5.54 Å². The maximum atomic E-state index is 12.8. The van der Waals surface area contributed by atoms with Crippen molar-refractivity contribution in [3.8, 4) is 11.8 Å². The summed E-state index contributed by atoms with van der Waals surface area (Å²) in [5, 5.41) is 3.24. The van der Waals surface area contributed by atoms with E-state index in [4.69, 9.17) is 4.74 Å². The van der Waals surface area contributed by atoms with Gasteiger partial charge < -0.3 is 15.0 Å². The van der Waals surface area contributed by atoms with Crippen molar-refractivity contribution >= 4 is 11.8 Å². The van der Waals surface area contributed by atoms with Crippen molar-refractivity contribution in [3.63, 3.8) is 0 Å². The highest BCUT2D eigenvalue weighted by Gasteiger charge is 2.32. The molecule has 0 aromatic carbocycles. The van der Waals surface area contributed by atoms with Crippen LogP contribution in [-0.4, -0.2) is 78.1 Å². The van der Waals surface area contributed by atoms with Crippen LogP contribution in [0.25, 0.3) is 0 Å². The topological polar surface area (TPSA) is 74.8 Å². The number of aromatic nitrogens is 1. The molecule has 2 amide bonds. The number of carbonyl (C=O) groups is 2. The fourth-order valence-electron chi connectivity index (χ4n) is 4.63. The van der Waals surface area contributed by atoms with Crippen molar-refractivity contribution in [1.29, 1.82) is 0 Å². The molecule has 3 heterocycles. The monoisotopic (exact) mass is 424 g/mol. The van der Waals surface area contributed by atoms with Crippen molar-refractivity contribution in [2.75, 3.05) is 45.9 Å². The summed E-state index contributed by atoms with van der Waals surface area (Å²) in [7, 11) is 0. The Morgan fingerprint density at radius 3 is 2.52 bits per heavy atom. The van der Waals surface area contributed by atoms with E-state index in [2.05, 4.69) is 27.0 Å². The lowest BCUT2D eigenvalue weighted by Gasteiger charge is -2.35. The van der Waals surface area contributed by atoms with Gasteiger partial charge in [-0.25, -0.2) is 0 Å². The van der Waals surface area contributed by atoms with Crippen LogP contribution in [0.3, 0.4) is 0 Å². The summed E-state index contributed by atoms with van der Waals surface area (Å²) in [5.41, 5.74) is 0.802. The van der Waals surface area contributed by atoms with Crippen LogP contribution >= 0.6 is 0 Å². The molecule has 1 aromatic heterocycles. The van der Waals surface area contributed by atoms with Gasteiger partial charge in [0.2, 0.25) is 5.91 Å². The number of hydrogen-bond donors (Lipinski definition) is 1. The molecule has 3 aliphatic rings. The summed E-state index contributed by atoms with van der Waals surface area (Å²) in [6.45, 7) is 4.94. The third kappa shape index (κ3) is 5.84. The molecule has 3 fully saturated rings. The van der Waals surface area contributed by atoms with Crippen LogP contribution in [0.4, 0.5) is 0 Å². The van der Waals surface area contributed by atoms with Crippen molar-refractivity contribution in [3.05, 3.63) is 29.6 Å². The Bertz CT molecular complexity index is 842. The Balaban J connectivity index is 1.46. The molecule has 1 saturated carbocycles. The van der Waals surface area contributed by atoms with Gasteiger partial charge in [0.05, 0.1) is 25.3 Å². The van der Waals surface area contributed by atoms with Crippen LogP contribution in [0.1, 0.15) is 60.9 Å². The molecule has 2 saturated heterocycles. The fraction of sp³-hybridized carbons (Fsp3) is 0.625. The SMILES string of the molecule is O=C(CN1CCOCC1)NC1(C#Cc2cncc(C(=O)N3CCCC3)c2)CCCCC1. The molecule has 0 bridgehead atoms. The van der Waals surface area contributed by atoms with Gasteiger partial charge in [-0.1, -0.05) is 31.1 Å². The predicted octanol–water partition coefficient (Wildman–Crippen LogP) is 1.82. The number of likely N-dealkylation sites (tertiary alicyclic amines) is 1. The Hall–Kier alpha value is -2.43. The number of rotatable bonds is 4. The summed E-state index contributed by atoms with van der Waals surface area (Å²) in [6.07, 6.45) is 10.4. The van der Waals surface area contributed by atoms with Crippen molar-refractivity contribution in [1.82, 2.24) is 20.1 Å². The van der Waals surface area contributed by atoms with Gasteiger partial charge in [0.25, 0.3) is 5.91 Å². The first kappa shape index (κ1) is 21.8. The first-order valence-electron chi connectivity index (χ1n) is 11.5. The van der Waals surface area contributed by atoms with Gasteiger partial charge in [-0.2, -0.15) is 0 Å². The highest BCUT2D eigenvalue weighted by molar-refractivity contribution is 5.94. The summed E-state index contributed by atoms with van der Waals surface area (Å²) in [5.74, 6) is 6.63. The molecule has 1 aromatic rings. The second-order valence-electron chi connectivity index (χ2n) is 8.79. The fourth-order valence-corrected chi connectivity index (χ4v) is 4.63. The van der Waals surface area contributed by atoms with E-state index in [1.807, 2.05) is 11.0 Å². The number of nitrogens with zero attached hydrogens (tertiary/aromatic N) is 3. The second-order valence-corrected chi connectivity index (χ2v) is 8.79. The number of hydrogen-bond acceptors (Lipinski definition) is 5. The lowest BCUT2D eigenvalue weighted by atomic mass is 9.82. The van der Waals surface area contributed by atoms with E-state index in [0.717, 1.165) is 70.3 Å². The van der Waals surface area contributed by atoms with Crippen molar-refractivity contribution < 1.29 is 14.3 Å². The number of ether oxygens (including phenoxy) is 1. The maximum absolute atomic E-state index is 12.8. The van der Waals surface area contributed by atoms with E-state index >= 15 is 0 Å². The van der Waals surface area contributed by atoms with Crippen LogP contribution < -0.4 is 5.32 Å². The average Bonchev–Trinajstić information content (AvgIpc) is 3.34. The van der Waals surface area contributed by atoms with E-state index in [9.17, 15) is 9.59 Å². The Morgan fingerprint density at radius 1 is 1.03 bits per heavy atom. The number of amides is 2. The number of morpholine rings is 1. The zero-order chi connectivity index (χ0) is 21.5. The van der Waals surface area contributed by atoms with Crippen LogP contribution in [0.15, 0.2) is 18.5 Å². The van der Waals surface area contributed by atoms with Gasteiger partial charge >= 0.3 is 0 Å². The highest BCUT2D eigenvalue weighted by Crippen LogP contribution is 2.28. The first-order valence-corrected chi connectivity index (χ1v) is 11.5. The number of carbonyl (C=O) groups excluding carboxylic acids is 2. The van der Waals surface area contributed by atoms with E-state index in [-0.39, 0.29) is 11.8 Å².